The molecular weight excluding hydrogens is 344 g/mol. The van der Waals surface area contributed by atoms with Gasteiger partial charge in [-0.3, -0.25) is 4.79 Å². The summed E-state index contributed by atoms with van der Waals surface area (Å²) in [5, 5.41) is 11.5. The minimum absolute atomic E-state index is 0.0415. The number of ketones is 1. The van der Waals surface area contributed by atoms with Gasteiger partial charge in [-0.1, -0.05) is 31.7 Å². The van der Waals surface area contributed by atoms with Crippen LogP contribution in [0.15, 0.2) is 53.0 Å². The van der Waals surface area contributed by atoms with Crippen LogP contribution in [0.4, 0.5) is 0 Å². The lowest BCUT2D eigenvalue weighted by molar-refractivity contribution is -0.125. The van der Waals surface area contributed by atoms with E-state index in [-0.39, 0.29) is 11.7 Å². The van der Waals surface area contributed by atoms with Gasteiger partial charge in [0.05, 0.1) is 24.4 Å². The molecule has 0 atom stereocenters. The van der Waals surface area contributed by atoms with Crippen molar-refractivity contribution in [2.24, 2.45) is 0 Å². The third-order valence-corrected chi connectivity index (χ3v) is 4.86. The Bertz CT molecular complexity index is 908. The van der Waals surface area contributed by atoms with Crippen LogP contribution >= 0.6 is 0 Å². The minimum atomic E-state index is -0.418. The molecule has 0 bridgehead atoms. The molecule has 0 amide bonds. The Morgan fingerprint density at radius 2 is 2.11 bits per heavy atom. The molecule has 0 aromatic carbocycles. The van der Waals surface area contributed by atoms with Gasteiger partial charge < -0.3 is 9.26 Å². The van der Waals surface area contributed by atoms with E-state index < -0.39 is 5.60 Å². The van der Waals surface area contributed by atoms with Crippen molar-refractivity contribution >= 4 is 11.4 Å². The van der Waals surface area contributed by atoms with Crippen molar-refractivity contribution in [2.45, 2.75) is 45.6 Å². The predicted octanol–water partition coefficient (Wildman–Crippen LogP) is 3.92. The number of allylic oxidation sites excluding steroid dienone is 5. The summed E-state index contributed by atoms with van der Waals surface area (Å²) in [6.45, 7) is 9.69. The number of hydrogen-bond donors (Lipinski definition) is 0. The molecule has 0 saturated carbocycles. The van der Waals surface area contributed by atoms with E-state index >= 15 is 0 Å². The van der Waals surface area contributed by atoms with Gasteiger partial charge in [0.15, 0.2) is 5.78 Å². The van der Waals surface area contributed by atoms with Gasteiger partial charge in [-0.05, 0) is 31.9 Å². The van der Waals surface area contributed by atoms with E-state index in [4.69, 9.17) is 9.26 Å². The van der Waals surface area contributed by atoms with Crippen LogP contribution in [-0.4, -0.2) is 31.7 Å². The van der Waals surface area contributed by atoms with Crippen molar-refractivity contribution in [3.63, 3.8) is 0 Å². The van der Waals surface area contributed by atoms with Crippen LogP contribution < -0.4 is 0 Å². The van der Waals surface area contributed by atoms with Gasteiger partial charge in [0.25, 0.3) is 5.89 Å². The summed E-state index contributed by atoms with van der Waals surface area (Å²) in [6.07, 6.45) is 8.29. The molecule has 3 rings (SSSR count). The largest absolute Gasteiger partial charge is 0.491 e. The van der Waals surface area contributed by atoms with Crippen molar-refractivity contribution in [2.75, 3.05) is 0 Å². The SMILES string of the molecule is C=C/C(=C\C1=C(C)OC(CC)(CC)CC1=O)c1nc(-c2ccnnc2)no1. The van der Waals surface area contributed by atoms with E-state index in [1.165, 1.54) is 0 Å². The van der Waals surface area contributed by atoms with E-state index in [1.54, 1.807) is 30.6 Å². The monoisotopic (exact) mass is 366 g/mol. The molecule has 0 N–H and O–H groups in total. The van der Waals surface area contributed by atoms with Crippen molar-refractivity contribution in [3.8, 4) is 11.4 Å². The third kappa shape index (κ3) is 3.72. The summed E-state index contributed by atoms with van der Waals surface area (Å²) < 4.78 is 11.5. The molecular formula is C20H22N4O3. The fraction of sp³-hybridized carbons (Fsp3) is 0.350. The van der Waals surface area contributed by atoms with E-state index in [0.717, 1.165) is 12.8 Å². The van der Waals surface area contributed by atoms with Crippen molar-refractivity contribution in [1.82, 2.24) is 20.3 Å². The number of nitrogens with zero attached hydrogens (tertiary/aromatic N) is 4. The summed E-state index contributed by atoms with van der Waals surface area (Å²) in [5.41, 5.74) is 1.33. The second-order valence-corrected chi connectivity index (χ2v) is 6.42. The highest BCUT2D eigenvalue weighted by molar-refractivity contribution is 6.01. The average molecular weight is 366 g/mol. The number of ether oxygens (including phenoxy) is 1. The maximum absolute atomic E-state index is 12.7. The number of rotatable bonds is 6. The summed E-state index contributed by atoms with van der Waals surface area (Å²) >= 11 is 0. The Morgan fingerprint density at radius 1 is 1.33 bits per heavy atom. The van der Waals surface area contributed by atoms with Gasteiger partial charge in [-0.25, -0.2) is 0 Å². The number of carbonyl (C=O) groups is 1. The van der Waals surface area contributed by atoms with Crippen LogP contribution in [-0.2, 0) is 9.53 Å². The molecule has 27 heavy (non-hydrogen) atoms. The Balaban J connectivity index is 1.94. The highest BCUT2D eigenvalue weighted by atomic mass is 16.5. The van der Waals surface area contributed by atoms with E-state index in [0.29, 0.717) is 34.7 Å². The summed E-state index contributed by atoms with van der Waals surface area (Å²) in [7, 11) is 0. The normalized spacial score (nSPS) is 17.0. The minimum Gasteiger partial charge on any atom is -0.491 e. The van der Waals surface area contributed by atoms with Crippen LogP contribution in [0.2, 0.25) is 0 Å². The highest BCUT2D eigenvalue weighted by Crippen LogP contribution is 2.36. The van der Waals surface area contributed by atoms with Crippen LogP contribution in [0, 0.1) is 0 Å². The summed E-state index contributed by atoms with van der Waals surface area (Å²) in [4.78, 5) is 17.1. The first-order valence-corrected chi connectivity index (χ1v) is 8.90. The summed E-state index contributed by atoms with van der Waals surface area (Å²) in [6, 6.07) is 1.74. The zero-order valence-electron chi connectivity index (χ0n) is 15.7. The summed E-state index contributed by atoms with van der Waals surface area (Å²) in [5.74, 6) is 1.31. The maximum atomic E-state index is 12.7. The van der Waals surface area contributed by atoms with Crippen molar-refractivity contribution in [3.05, 3.63) is 54.4 Å². The fourth-order valence-electron chi connectivity index (χ4n) is 3.07. The van der Waals surface area contributed by atoms with Gasteiger partial charge in [-0.15, -0.1) is 0 Å². The maximum Gasteiger partial charge on any atom is 0.258 e. The van der Waals surface area contributed by atoms with Crippen molar-refractivity contribution < 1.29 is 14.1 Å². The molecule has 0 radical (unpaired) electrons. The fourth-order valence-corrected chi connectivity index (χ4v) is 3.07. The molecule has 0 aliphatic carbocycles. The highest BCUT2D eigenvalue weighted by Gasteiger charge is 2.37. The second kappa shape index (κ2) is 7.65. The zero-order chi connectivity index (χ0) is 19.4. The molecule has 3 heterocycles. The van der Waals surface area contributed by atoms with Crippen LogP contribution in [0.5, 0.6) is 0 Å². The standard InChI is InChI=1S/C20H22N4O3/c1-5-14(19-23-18(24-27-19)15-8-9-21-22-12-15)10-16-13(4)26-20(6-2,7-3)11-17(16)25/h5,8-10,12H,1,6-7,11H2,2-4H3/b14-10+. The van der Waals surface area contributed by atoms with Gasteiger partial charge in [0.1, 0.15) is 11.4 Å². The molecule has 0 saturated heterocycles. The van der Waals surface area contributed by atoms with Gasteiger partial charge >= 0.3 is 0 Å². The van der Waals surface area contributed by atoms with Crippen molar-refractivity contribution in [1.29, 1.82) is 0 Å². The van der Waals surface area contributed by atoms with E-state index in [1.807, 2.05) is 20.8 Å². The van der Waals surface area contributed by atoms with Gasteiger partial charge in [-0.2, -0.15) is 15.2 Å². The van der Waals surface area contributed by atoms with Crippen LogP contribution in [0.1, 0.15) is 45.9 Å². The van der Waals surface area contributed by atoms with E-state index in [9.17, 15) is 4.79 Å². The quantitative estimate of drug-likeness (QED) is 0.716. The Labute approximate surface area is 157 Å². The van der Waals surface area contributed by atoms with E-state index in [2.05, 4.69) is 26.9 Å². The molecule has 0 fully saturated rings. The number of Topliss-reactive ketones (excluding diaryl/α,β-unsaturated/α-hetero) is 1. The molecule has 1 aliphatic rings. The molecule has 1 aliphatic heterocycles. The molecule has 140 valence electrons. The molecule has 7 heteroatoms. The average Bonchev–Trinajstić information content (AvgIpc) is 3.18. The third-order valence-electron chi connectivity index (χ3n) is 4.86. The first kappa shape index (κ1) is 18.7. The topological polar surface area (TPSA) is 91.0 Å². The first-order chi connectivity index (χ1) is 13.0. The van der Waals surface area contributed by atoms with Gasteiger partial charge in [0, 0.05) is 11.1 Å². The lowest BCUT2D eigenvalue weighted by Crippen LogP contribution is -2.37. The molecule has 0 spiro atoms. The molecule has 7 nitrogen and oxygen atoms in total. The molecule has 0 unspecified atom stereocenters. The van der Waals surface area contributed by atoms with Crippen LogP contribution in [0.25, 0.3) is 17.0 Å². The lowest BCUT2D eigenvalue weighted by Gasteiger charge is -2.36. The molecule has 2 aromatic rings. The lowest BCUT2D eigenvalue weighted by atomic mass is 9.85. The van der Waals surface area contributed by atoms with Gasteiger partial charge in [0.2, 0.25) is 5.82 Å². The predicted molar refractivity (Wildman–Crippen MR) is 100 cm³/mol. The number of hydrogen-bond acceptors (Lipinski definition) is 7. The Hall–Kier alpha value is -3.09. The zero-order valence-corrected chi connectivity index (χ0v) is 15.7. The smallest absolute Gasteiger partial charge is 0.258 e. The Morgan fingerprint density at radius 3 is 2.70 bits per heavy atom. The number of aromatic nitrogens is 4. The first-order valence-electron chi connectivity index (χ1n) is 8.90. The molecule has 2 aromatic heterocycles. The number of carbonyl (C=O) groups excluding carboxylic acids is 1. The Kier molecular flexibility index (Phi) is 5.30. The second-order valence-electron chi connectivity index (χ2n) is 6.42. The van der Waals surface area contributed by atoms with Crippen LogP contribution in [0.3, 0.4) is 0 Å².